The fourth-order valence-corrected chi connectivity index (χ4v) is 4.02. The standard InChI is InChI=1S/C21H27O6Si/c1-20(2,3)12-6-9-15(16(23)10-12)21(25)18(24)14-8-7-13(22)11-17(14)26-19(21)27-28(4)5/h6-11,18-19,22-25H,1-5H3. The minimum Gasteiger partial charge on any atom is -0.508 e. The third-order valence-corrected chi connectivity index (χ3v) is 5.63. The van der Waals surface area contributed by atoms with Crippen molar-refractivity contribution in [3.05, 3.63) is 53.1 Å². The molecule has 0 fully saturated rings. The van der Waals surface area contributed by atoms with Gasteiger partial charge in [-0.2, -0.15) is 0 Å². The highest BCUT2D eigenvalue weighted by Gasteiger charge is 2.54. The van der Waals surface area contributed by atoms with Crippen molar-refractivity contribution in [3.63, 3.8) is 0 Å². The van der Waals surface area contributed by atoms with Crippen LogP contribution in [0.1, 0.15) is 43.6 Å². The molecule has 151 valence electrons. The Morgan fingerprint density at radius 2 is 1.75 bits per heavy atom. The maximum Gasteiger partial charge on any atom is 0.227 e. The molecule has 0 saturated heterocycles. The molecule has 7 heteroatoms. The van der Waals surface area contributed by atoms with Gasteiger partial charge in [0, 0.05) is 17.2 Å². The van der Waals surface area contributed by atoms with Gasteiger partial charge in [0.05, 0.1) is 0 Å². The third-order valence-electron chi connectivity index (χ3n) is 4.94. The first-order valence-corrected chi connectivity index (χ1v) is 11.6. The number of rotatable bonds is 3. The van der Waals surface area contributed by atoms with Gasteiger partial charge in [0.15, 0.2) is 5.60 Å². The Morgan fingerprint density at radius 3 is 2.32 bits per heavy atom. The number of phenolic OH excluding ortho intramolecular Hbond substituents is 2. The summed E-state index contributed by atoms with van der Waals surface area (Å²) in [5.41, 5.74) is -0.891. The molecular formula is C21H27O6Si. The van der Waals surface area contributed by atoms with E-state index in [4.69, 9.17) is 9.16 Å². The normalized spacial score (nSPS) is 24.7. The molecule has 0 aromatic heterocycles. The predicted octanol–water partition coefficient (Wildman–Crippen LogP) is 3.30. The Labute approximate surface area is 166 Å². The summed E-state index contributed by atoms with van der Waals surface area (Å²) < 4.78 is 11.7. The Kier molecular flexibility index (Phi) is 5.22. The van der Waals surface area contributed by atoms with E-state index in [2.05, 4.69) is 0 Å². The van der Waals surface area contributed by atoms with Gasteiger partial charge in [-0.1, -0.05) is 32.9 Å². The van der Waals surface area contributed by atoms with Crippen molar-refractivity contribution < 1.29 is 29.6 Å². The quantitative estimate of drug-likeness (QED) is 0.587. The van der Waals surface area contributed by atoms with Crippen molar-refractivity contribution in [3.8, 4) is 17.2 Å². The summed E-state index contributed by atoms with van der Waals surface area (Å²) in [5, 5.41) is 43.1. The molecule has 3 rings (SSSR count). The zero-order chi connectivity index (χ0) is 20.9. The fraction of sp³-hybridized carbons (Fsp3) is 0.429. The molecular weight excluding hydrogens is 376 g/mol. The van der Waals surface area contributed by atoms with Crippen molar-refractivity contribution in [2.24, 2.45) is 0 Å². The Morgan fingerprint density at radius 1 is 1.07 bits per heavy atom. The van der Waals surface area contributed by atoms with Gasteiger partial charge in [0.1, 0.15) is 23.4 Å². The zero-order valence-corrected chi connectivity index (χ0v) is 17.7. The number of phenols is 2. The average Bonchev–Trinajstić information content (AvgIpc) is 2.58. The van der Waals surface area contributed by atoms with Gasteiger partial charge >= 0.3 is 0 Å². The maximum absolute atomic E-state index is 11.6. The molecule has 0 amide bonds. The van der Waals surface area contributed by atoms with Crippen LogP contribution in [0.5, 0.6) is 17.2 Å². The molecule has 0 bridgehead atoms. The second kappa shape index (κ2) is 7.08. The van der Waals surface area contributed by atoms with Gasteiger partial charge in [0.25, 0.3) is 0 Å². The molecule has 3 atom stereocenters. The van der Waals surface area contributed by atoms with Crippen molar-refractivity contribution in [1.82, 2.24) is 0 Å². The van der Waals surface area contributed by atoms with Crippen molar-refractivity contribution in [1.29, 1.82) is 0 Å². The fourth-order valence-electron chi connectivity index (χ4n) is 3.36. The summed E-state index contributed by atoms with van der Waals surface area (Å²) in [6, 6.07) is 9.27. The number of hydrogen-bond acceptors (Lipinski definition) is 6. The van der Waals surface area contributed by atoms with Gasteiger partial charge in [-0.05, 0) is 42.3 Å². The predicted molar refractivity (Wildman–Crippen MR) is 107 cm³/mol. The van der Waals surface area contributed by atoms with E-state index in [1.165, 1.54) is 18.2 Å². The molecule has 1 aliphatic rings. The van der Waals surface area contributed by atoms with Crippen LogP contribution in [0.15, 0.2) is 36.4 Å². The number of fused-ring (bicyclic) bond motifs is 1. The Bertz CT molecular complexity index is 876. The number of aromatic hydroxyl groups is 2. The minimum atomic E-state index is -2.02. The van der Waals surface area contributed by atoms with E-state index in [9.17, 15) is 20.4 Å². The van der Waals surface area contributed by atoms with Crippen LogP contribution in [0.3, 0.4) is 0 Å². The first kappa shape index (κ1) is 20.7. The number of hydrogen-bond donors (Lipinski definition) is 4. The zero-order valence-electron chi connectivity index (χ0n) is 16.7. The number of benzene rings is 2. The van der Waals surface area contributed by atoms with Crippen LogP contribution >= 0.6 is 0 Å². The van der Waals surface area contributed by atoms with Gasteiger partial charge in [-0.3, -0.25) is 0 Å². The van der Waals surface area contributed by atoms with Crippen LogP contribution in [-0.4, -0.2) is 35.8 Å². The lowest BCUT2D eigenvalue weighted by Gasteiger charge is -2.44. The van der Waals surface area contributed by atoms with Crippen LogP contribution in [0.4, 0.5) is 0 Å². The Balaban J connectivity index is 2.16. The first-order valence-electron chi connectivity index (χ1n) is 9.15. The van der Waals surface area contributed by atoms with Crippen molar-refractivity contribution in [2.75, 3.05) is 0 Å². The number of ether oxygens (including phenoxy) is 1. The second-order valence-corrected chi connectivity index (χ2v) is 10.5. The molecule has 0 aliphatic carbocycles. The van der Waals surface area contributed by atoms with E-state index < -0.39 is 27.0 Å². The van der Waals surface area contributed by atoms with E-state index >= 15 is 0 Å². The van der Waals surface area contributed by atoms with Crippen LogP contribution < -0.4 is 4.74 Å². The van der Waals surface area contributed by atoms with E-state index in [1.54, 1.807) is 12.1 Å². The maximum atomic E-state index is 11.6. The first-order chi connectivity index (χ1) is 12.9. The van der Waals surface area contributed by atoms with Crippen molar-refractivity contribution >= 4 is 9.04 Å². The van der Waals surface area contributed by atoms with Crippen LogP contribution in [0.25, 0.3) is 0 Å². The largest absolute Gasteiger partial charge is 0.508 e. The molecule has 0 spiro atoms. The monoisotopic (exact) mass is 403 g/mol. The van der Waals surface area contributed by atoms with Crippen LogP contribution in [-0.2, 0) is 15.4 Å². The molecule has 1 heterocycles. The summed E-state index contributed by atoms with van der Waals surface area (Å²) in [5.74, 6) is 0.0663. The summed E-state index contributed by atoms with van der Waals surface area (Å²) in [4.78, 5) is 0. The molecule has 6 nitrogen and oxygen atoms in total. The summed E-state index contributed by atoms with van der Waals surface area (Å²) in [6.07, 6.45) is -2.67. The molecule has 2 aromatic carbocycles. The lowest BCUT2D eigenvalue weighted by molar-refractivity contribution is -0.225. The molecule has 28 heavy (non-hydrogen) atoms. The van der Waals surface area contributed by atoms with Gasteiger partial charge < -0.3 is 29.6 Å². The Hall–Kier alpha value is -2.06. The van der Waals surface area contributed by atoms with E-state index in [0.717, 1.165) is 5.56 Å². The smallest absolute Gasteiger partial charge is 0.227 e. The van der Waals surface area contributed by atoms with Gasteiger partial charge in [0.2, 0.25) is 15.3 Å². The lowest BCUT2D eigenvalue weighted by atomic mass is 9.79. The molecule has 0 saturated carbocycles. The van der Waals surface area contributed by atoms with E-state index in [-0.39, 0.29) is 28.2 Å². The van der Waals surface area contributed by atoms with E-state index in [1.807, 2.05) is 39.9 Å². The summed E-state index contributed by atoms with van der Waals surface area (Å²) >= 11 is 0. The SMILES string of the molecule is C[Si](C)OC1Oc2cc(O)ccc2C(O)C1(O)c1ccc(C(C)(C)C)cc1O. The molecule has 3 unspecified atom stereocenters. The van der Waals surface area contributed by atoms with Crippen LogP contribution in [0, 0.1) is 0 Å². The highest BCUT2D eigenvalue weighted by atomic mass is 28.3. The molecule has 1 radical (unpaired) electrons. The van der Waals surface area contributed by atoms with Gasteiger partial charge in [-0.15, -0.1) is 0 Å². The average molecular weight is 404 g/mol. The summed E-state index contributed by atoms with van der Waals surface area (Å²) in [7, 11) is -1.33. The molecule has 2 aromatic rings. The molecule has 1 aliphatic heterocycles. The highest BCUT2D eigenvalue weighted by Crippen LogP contribution is 2.50. The van der Waals surface area contributed by atoms with Crippen molar-refractivity contribution in [2.45, 2.75) is 57.3 Å². The van der Waals surface area contributed by atoms with Crippen LogP contribution in [0.2, 0.25) is 13.1 Å². The second-order valence-electron chi connectivity index (χ2n) is 8.41. The summed E-state index contributed by atoms with van der Waals surface area (Å²) in [6.45, 7) is 9.81. The molecule has 4 N–H and O–H groups in total. The lowest BCUT2D eigenvalue weighted by Crippen LogP contribution is -2.53. The number of aliphatic hydroxyl groups excluding tert-OH is 1. The third kappa shape index (κ3) is 3.51. The van der Waals surface area contributed by atoms with Gasteiger partial charge in [-0.25, -0.2) is 0 Å². The minimum absolute atomic E-state index is 0.0222. The topological polar surface area (TPSA) is 99.4 Å². The van der Waals surface area contributed by atoms with E-state index in [0.29, 0.717) is 5.56 Å². The number of aliphatic hydroxyl groups is 2. The highest BCUT2D eigenvalue weighted by molar-refractivity contribution is 6.48.